The van der Waals surface area contributed by atoms with Crippen LogP contribution >= 0.6 is 0 Å². The zero-order valence-electron chi connectivity index (χ0n) is 47.1. The number of H-pyrrole nitrogens is 2. The van der Waals surface area contributed by atoms with Crippen molar-refractivity contribution in [1.29, 1.82) is 0 Å². The monoisotopic (exact) mass is 1090 g/mol. The number of non-ortho nitro benzene ring substituents is 1. The lowest BCUT2D eigenvalue weighted by Crippen LogP contribution is -2.03. The molecule has 2 N–H and O–H groups in total. The molecule has 0 atom stereocenters. The van der Waals surface area contributed by atoms with E-state index in [0.29, 0.717) is 153 Å². The summed E-state index contributed by atoms with van der Waals surface area (Å²) in [4.78, 5) is 50.2. The fourth-order valence-corrected chi connectivity index (χ4v) is 9.34. The average Bonchev–Trinajstić information content (AvgIpc) is 4.32. The molecule has 0 aliphatic carbocycles. The molecule has 3 aromatic heterocycles. The van der Waals surface area contributed by atoms with Gasteiger partial charge in [0, 0.05) is 67.1 Å². The highest BCUT2D eigenvalue weighted by molar-refractivity contribution is 6.09. The van der Waals surface area contributed by atoms with E-state index in [0.717, 1.165) is 98.6 Å². The molecule has 0 fully saturated rings. The highest BCUT2D eigenvalue weighted by Crippen LogP contribution is 2.46. The standard InChI is InChI=1S/C64H69N9O8/c1-7-13-27-76-51-34-45-46(35-52(51)77-28-14-8-2)61-68-59(45)66-57-43-26-23-41(20-19-40-21-24-42(25-22-40)73(74)75)33-44(43)58(65-57)67-60-47-36-53(78-29-15-9-3)54(79-30-16-10-4)37-48(47)62(69-60)71-64-50-39-56(81-32-18-12-6)55(80-31-17-11-5)38-49(50)63(70-61)72-64/h21-26,33-39H,7-18,27-32H2,1-6H3,(H2,65,66,67,68,69,70,71,72). The first-order chi connectivity index (χ1) is 39.7. The van der Waals surface area contributed by atoms with Gasteiger partial charge in [-0.2, -0.15) is 0 Å². The van der Waals surface area contributed by atoms with Gasteiger partial charge >= 0.3 is 0 Å². The van der Waals surface area contributed by atoms with Gasteiger partial charge in [-0.05, 0) is 105 Å². The number of fused-ring (bicyclic) bond motifs is 20. The molecule has 0 amide bonds. The number of nitrogens with zero attached hydrogens (tertiary/aromatic N) is 7. The van der Waals surface area contributed by atoms with Crippen LogP contribution in [0.5, 0.6) is 34.5 Å². The number of rotatable bonds is 25. The van der Waals surface area contributed by atoms with Gasteiger partial charge in [-0.3, -0.25) is 10.1 Å². The molecule has 5 heterocycles. The molecule has 0 saturated heterocycles. The molecule has 8 aromatic rings. The third kappa shape index (κ3) is 12.5. The van der Waals surface area contributed by atoms with Gasteiger partial charge in [-0.25, -0.2) is 29.9 Å². The van der Waals surface area contributed by atoms with Crippen molar-refractivity contribution in [3.8, 4) is 91.9 Å². The van der Waals surface area contributed by atoms with Crippen molar-refractivity contribution in [2.45, 2.75) is 119 Å². The fraction of sp³-hybridized carbons (Fsp3) is 0.375. The van der Waals surface area contributed by atoms with Gasteiger partial charge < -0.3 is 38.4 Å². The molecule has 17 heteroatoms. The Labute approximate surface area is 471 Å². The van der Waals surface area contributed by atoms with Crippen molar-refractivity contribution < 1.29 is 33.3 Å². The smallest absolute Gasteiger partial charge is 0.269 e. The van der Waals surface area contributed by atoms with Gasteiger partial charge in [0.15, 0.2) is 57.8 Å². The van der Waals surface area contributed by atoms with Gasteiger partial charge in [0.25, 0.3) is 5.69 Å². The van der Waals surface area contributed by atoms with E-state index < -0.39 is 4.92 Å². The Morgan fingerprint density at radius 2 is 0.691 bits per heavy atom. The number of hydrogen-bond donors (Lipinski definition) is 2. The van der Waals surface area contributed by atoms with Crippen LogP contribution in [-0.2, 0) is 0 Å². The molecule has 0 unspecified atom stereocenters. The Bertz CT molecular complexity index is 3820. The number of aromatic nitrogens is 8. The molecule has 5 aromatic carbocycles. The summed E-state index contributed by atoms with van der Waals surface area (Å²) in [5.74, 6) is 11.5. The minimum atomic E-state index is -0.427. The molecule has 17 nitrogen and oxygen atoms in total. The first-order valence-corrected chi connectivity index (χ1v) is 28.7. The number of nitro groups is 1. The first-order valence-electron chi connectivity index (χ1n) is 28.7. The highest BCUT2D eigenvalue weighted by atomic mass is 16.6. The lowest BCUT2D eigenvalue weighted by molar-refractivity contribution is -0.384. The van der Waals surface area contributed by atoms with E-state index in [9.17, 15) is 10.1 Å². The second-order valence-electron chi connectivity index (χ2n) is 20.2. The van der Waals surface area contributed by atoms with E-state index >= 15 is 0 Å². The molecule has 0 radical (unpaired) electrons. The molecular formula is C64H69N9O8. The van der Waals surface area contributed by atoms with Crippen LogP contribution in [0.4, 0.5) is 5.69 Å². The summed E-state index contributed by atoms with van der Waals surface area (Å²) >= 11 is 0. The highest BCUT2D eigenvalue weighted by Gasteiger charge is 2.28. The van der Waals surface area contributed by atoms with Crippen LogP contribution in [0, 0.1) is 22.0 Å². The summed E-state index contributed by atoms with van der Waals surface area (Å²) in [6, 6.07) is 23.8. The maximum atomic E-state index is 11.4. The number of unbranched alkanes of at least 4 members (excludes halogenated alkanes) is 6. The van der Waals surface area contributed by atoms with Crippen molar-refractivity contribution in [2.24, 2.45) is 0 Å². The van der Waals surface area contributed by atoms with Gasteiger partial charge in [0.2, 0.25) is 0 Å². The minimum absolute atomic E-state index is 0.00739. The fourth-order valence-electron chi connectivity index (χ4n) is 9.34. The zero-order chi connectivity index (χ0) is 56.2. The van der Waals surface area contributed by atoms with E-state index in [-0.39, 0.29) is 5.69 Å². The van der Waals surface area contributed by atoms with Gasteiger partial charge in [0.1, 0.15) is 22.6 Å². The van der Waals surface area contributed by atoms with Crippen LogP contribution in [0.3, 0.4) is 0 Å². The Hall–Kier alpha value is -8.78. The lowest BCUT2D eigenvalue weighted by Gasteiger charge is -2.15. The van der Waals surface area contributed by atoms with Crippen molar-refractivity contribution in [1.82, 2.24) is 39.9 Å². The van der Waals surface area contributed by atoms with Crippen LogP contribution in [0.2, 0.25) is 0 Å². The summed E-state index contributed by atoms with van der Waals surface area (Å²) in [6.45, 7) is 15.8. The van der Waals surface area contributed by atoms with Crippen molar-refractivity contribution in [3.05, 3.63) is 100 Å². The number of hydrogen-bond acceptors (Lipinski definition) is 14. The Kier molecular flexibility index (Phi) is 17.8. The quantitative estimate of drug-likeness (QED) is 0.0236. The van der Waals surface area contributed by atoms with Gasteiger partial charge in [-0.15, -0.1) is 0 Å². The predicted octanol–water partition coefficient (Wildman–Crippen LogP) is 15.3. The molecule has 10 rings (SSSR count). The summed E-state index contributed by atoms with van der Waals surface area (Å²) < 4.78 is 38.9. The molecule has 2 aliphatic heterocycles. The molecule has 81 heavy (non-hydrogen) atoms. The molecular weight excluding hydrogens is 1020 g/mol. The summed E-state index contributed by atoms with van der Waals surface area (Å²) in [7, 11) is 0. The van der Waals surface area contributed by atoms with Crippen molar-refractivity contribution in [3.63, 3.8) is 0 Å². The predicted molar refractivity (Wildman–Crippen MR) is 318 cm³/mol. The summed E-state index contributed by atoms with van der Waals surface area (Å²) in [5.41, 5.74) is 6.05. The van der Waals surface area contributed by atoms with Crippen LogP contribution < -0.4 is 28.4 Å². The van der Waals surface area contributed by atoms with E-state index in [1.165, 1.54) is 12.1 Å². The van der Waals surface area contributed by atoms with Gasteiger partial charge in [0.05, 0.1) is 44.6 Å². The third-order valence-corrected chi connectivity index (χ3v) is 14.0. The largest absolute Gasteiger partial charge is 0.490 e. The maximum Gasteiger partial charge on any atom is 0.269 e. The van der Waals surface area contributed by atoms with Crippen molar-refractivity contribution >= 4 is 49.8 Å². The SMILES string of the molecule is CCCCOc1cc2c(cc1OCCCC)-c1nc-2nc2nc(nc3[nH]c(nc4[nH]c(n1)c1cc(C#Cc5ccc([N+](=O)[O-])cc5)ccc41)c1cc(OCCCC)c(OCCCC)cc31)-c1cc(OCCCC)c(OCCCC)cc1-2. The van der Waals surface area contributed by atoms with E-state index in [1.807, 2.05) is 54.6 Å². The number of aromatic amines is 2. The lowest BCUT2D eigenvalue weighted by atomic mass is 10.1. The number of nitrogens with one attached hydrogen (secondary N) is 2. The number of ether oxygens (including phenoxy) is 6. The molecule has 2 aliphatic rings. The Morgan fingerprint density at radius 1 is 0.383 bits per heavy atom. The normalized spacial score (nSPS) is 11.5. The van der Waals surface area contributed by atoms with E-state index in [4.69, 9.17) is 58.3 Å². The van der Waals surface area contributed by atoms with Crippen molar-refractivity contribution in [2.75, 3.05) is 39.6 Å². The summed E-state index contributed by atoms with van der Waals surface area (Å²) in [6.07, 6.45) is 11.0. The second-order valence-corrected chi connectivity index (χ2v) is 20.2. The minimum Gasteiger partial charge on any atom is -0.490 e. The molecule has 418 valence electrons. The van der Waals surface area contributed by atoms with Gasteiger partial charge in [-0.1, -0.05) is 91.9 Å². The third-order valence-electron chi connectivity index (χ3n) is 14.0. The van der Waals surface area contributed by atoms with Crippen LogP contribution in [0.1, 0.15) is 130 Å². The van der Waals surface area contributed by atoms with Crippen LogP contribution in [0.15, 0.2) is 78.9 Å². The Morgan fingerprint density at radius 3 is 1.06 bits per heavy atom. The molecule has 8 bridgehead atoms. The molecule has 0 saturated carbocycles. The zero-order valence-corrected chi connectivity index (χ0v) is 47.1. The molecule has 0 spiro atoms. The number of nitro benzene ring substituents is 1. The maximum absolute atomic E-state index is 11.4. The van der Waals surface area contributed by atoms with E-state index in [2.05, 4.69) is 63.4 Å². The first kappa shape index (κ1) is 55.5. The van der Waals surface area contributed by atoms with Crippen LogP contribution in [0.25, 0.3) is 89.7 Å². The Balaban J connectivity index is 1.30. The van der Waals surface area contributed by atoms with E-state index in [1.54, 1.807) is 12.1 Å². The average molecular weight is 1090 g/mol. The second kappa shape index (κ2) is 26.0. The number of benzene rings is 5. The summed E-state index contributed by atoms with van der Waals surface area (Å²) in [5, 5.41) is 14.4. The van der Waals surface area contributed by atoms with Crippen LogP contribution in [-0.4, -0.2) is 84.4 Å². The topological polar surface area (TPSA) is 207 Å².